The molecule has 1 heterocycles. The topological polar surface area (TPSA) is 122 Å². The quantitative estimate of drug-likeness (QED) is 0.363. The Morgan fingerprint density at radius 1 is 1.45 bits per heavy atom. The number of hydrogen-bond acceptors (Lipinski definition) is 6. The monoisotopic (exact) mass is 325 g/mol. The summed E-state index contributed by atoms with van der Waals surface area (Å²) in [6, 6.07) is 5.48. The third kappa shape index (κ3) is 3.52. The van der Waals surface area contributed by atoms with Gasteiger partial charge in [0, 0.05) is 17.8 Å². The highest BCUT2D eigenvalue weighted by molar-refractivity contribution is 8.00. The zero-order valence-corrected chi connectivity index (χ0v) is 12.5. The molecule has 22 heavy (non-hydrogen) atoms. The maximum absolute atomic E-state index is 12.1. The Kier molecular flexibility index (Phi) is 4.61. The van der Waals surface area contributed by atoms with E-state index in [1.165, 1.54) is 28.9 Å². The van der Waals surface area contributed by atoms with Crippen molar-refractivity contribution in [2.24, 2.45) is 7.05 Å². The summed E-state index contributed by atoms with van der Waals surface area (Å²) in [5.41, 5.74) is -0.173. The van der Waals surface area contributed by atoms with Gasteiger partial charge < -0.3 is 5.32 Å². The third-order valence-corrected chi connectivity index (χ3v) is 3.99. The van der Waals surface area contributed by atoms with Crippen molar-refractivity contribution in [3.05, 3.63) is 44.8 Å². The number of anilines is 1. The molecule has 0 aliphatic heterocycles. The summed E-state index contributed by atoms with van der Waals surface area (Å²) in [5, 5.41) is 15.3. The van der Waals surface area contributed by atoms with Gasteiger partial charge >= 0.3 is 10.7 Å². The number of nitro benzene ring substituents is 1. The van der Waals surface area contributed by atoms with Gasteiger partial charge in [-0.25, -0.2) is 4.79 Å². The highest BCUT2D eigenvalue weighted by atomic mass is 32.2. The van der Waals surface area contributed by atoms with Crippen LogP contribution in [0, 0.1) is 10.1 Å². The Bertz CT molecular complexity index is 752. The van der Waals surface area contributed by atoms with Gasteiger partial charge in [0.15, 0.2) is 7.05 Å². The zero-order chi connectivity index (χ0) is 16.3. The summed E-state index contributed by atoms with van der Waals surface area (Å²) in [4.78, 5) is 33.5. The number of aromatic amines is 1. The molecule has 0 aliphatic rings. The van der Waals surface area contributed by atoms with Crippen molar-refractivity contribution in [3.8, 4) is 0 Å². The van der Waals surface area contributed by atoms with Gasteiger partial charge in [-0.15, -0.1) is 0 Å². The smallest absolute Gasteiger partial charge is 0.325 e. The lowest BCUT2D eigenvalue weighted by atomic mass is 10.3. The maximum Gasteiger partial charge on any atom is 0.441 e. The number of nitro groups is 1. The van der Waals surface area contributed by atoms with Gasteiger partial charge in [-0.05, 0) is 36.1 Å². The van der Waals surface area contributed by atoms with Crippen LogP contribution in [-0.4, -0.2) is 21.4 Å². The minimum absolute atomic E-state index is 0.0580. The molecule has 1 atom stereocenters. The highest BCUT2D eigenvalue weighted by Crippen LogP contribution is 2.20. The SMILES string of the molecule is CC(Sc1c(=O)o[nH][n+]1C)C(=O)Nc1ccc([N+](=O)[O-])cc1. The molecule has 0 saturated heterocycles. The van der Waals surface area contributed by atoms with Crippen molar-refractivity contribution in [1.29, 1.82) is 0 Å². The first-order valence-electron chi connectivity index (χ1n) is 6.18. The molecule has 1 unspecified atom stereocenters. The van der Waals surface area contributed by atoms with E-state index in [1.54, 1.807) is 14.0 Å². The van der Waals surface area contributed by atoms with Gasteiger partial charge in [-0.2, -0.15) is 0 Å². The van der Waals surface area contributed by atoms with Crippen LogP contribution >= 0.6 is 11.8 Å². The molecule has 1 aromatic heterocycles. The van der Waals surface area contributed by atoms with E-state index in [-0.39, 0.29) is 16.6 Å². The number of carbonyl (C=O) groups is 1. The fraction of sp³-hybridized carbons (Fsp3) is 0.250. The molecule has 0 spiro atoms. The molecule has 0 fully saturated rings. The van der Waals surface area contributed by atoms with Crippen LogP contribution in [0.15, 0.2) is 38.6 Å². The molecule has 1 aromatic carbocycles. The van der Waals surface area contributed by atoms with Crippen LogP contribution in [0.5, 0.6) is 0 Å². The van der Waals surface area contributed by atoms with Crippen molar-refractivity contribution in [3.63, 3.8) is 0 Å². The molecular formula is C12H13N4O5S+. The maximum atomic E-state index is 12.1. The Balaban J connectivity index is 2.02. The molecule has 0 radical (unpaired) electrons. The molecule has 1 amide bonds. The average molecular weight is 325 g/mol. The predicted molar refractivity (Wildman–Crippen MR) is 77.5 cm³/mol. The van der Waals surface area contributed by atoms with E-state index in [1.807, 2.05) is 0 Å². The Labute approximate surface area is 128 Å². The number of non-ortho nitro benzene ring substituents is 1. The minimum atomic E-state index is -0.555. The molecule has 2 N–H and O–H groups in total. The first-order chi connectivity index (χ1) is 10.4. The zero-order valence-electron chi connectivity index (χ0n) is 11.7. The van der Waals surface area contributed by atoms with Crippen LogP contribution in [0.1, 0.15) is 6.92 Å². The summed E-state index contributed by atoms with van der Waals surface area (Å²) >= 11 is 1.04. The van der Waals surface area contributed by atoms with E-state index in [0.29, 0.717) is 5.69 Å². The standard InChI is InChI=1S/C12H12N4O5S/c1-7(22-11-12(18)21-14-15(11)2)10(17)13-8-3-5-9(6-4-8)16(19)20/h3-7H,1-2H3,(H-,13,14,17,18)/p+1. The fourth-order valence-corrected chi connectivity index (χ4v) is 2.42. The highest BCUT2D eigenvalue weighted by Gasteiger charge is 2.25. The molecular weight excluding hydrogens is 312 g/mol. The molecule has 9 nitrogen and oxygen atoms in total. The van der Waals surface area contributed by atoms with Crippen LogP contribution in [0.2, 0.25) is 0 Å². The molecule has 0 aliphatic carbocycles. The van der Waals surface area contributed by atoms with Crippen LogP contribution < -0.4 is 15.6 Å². The van der Waals surface area contributed by atoms with E-state index in [0.717, 1.165) is 11.8 Å². The predicted octanol–water partition coefficient (Wildman–Crippen LogP) is 0.820. The Morgan fingerprint density at radius 3 is 2.59 bits per heavy atom. The third-order valence-electron chi connectivity index (χ3n) is 2.76. The molecule has 116 valence electrons. The number of H-pyrrole nitrogens is 1. The summed E-state index contributed by atoms with van der Waals surface area (Å²) in [6.45, 7) is 1.64. The van der Waals surface area contributed by atoms with Crippen molar-refractivity contribution in [2.45, 2.75) is 17.2 Å². The molecule has 2 rings (SSSR count). The summed E-state index contributed by atoms with van der Waals surface area (Å²) < 4.78 is 5.97. The summed E-state index contributed by atoms with van der Waals surface area (Å²) in [7, 11) is 1.59. The number of aromatic nitrogens is 2. The Hall–Kier alpha value is -2.62. The van der Waals surface area contributed by atoms with Crippen molar-refractivity contribution < 1.29 is 18.9 Å². The number of rotatable bonds is 5. The minimum Gasteiger partial charge on any atom is -0.325 e. The number of thioether (sulfide) groups is 1. The molecule has 0 saturated carbocycles. The summed E-state index contributed by atoms with van der Waals surface area (Å²) in [6.07, 6.45) is 0. The summed E-state index contributed by atoms with van der Waals surface area (Å²) in [5.74, 6) is -0.334. The molecule has 0 bridgehead atoms. The number of aryl methyl sites for hydroxylation is 1. The first kappa shape index (κ1) is 15.8. The van der Waals surface area contributed by atoms with E-state index < -0.39 is 15.8 Å². The van der Waals surface area contributed by atoms with Crippen LogP contribution in [0.4, 0.5) is 11.4 Å². The lowest BCUT2D eigenvalue weighted by molar-refractivity contribution is -0.772. The first-order valence-corrected chi connectivity index (χ1v) is 7.06. The van der Waals surface area contributed by atoms with Crippen LogP contribution in [0.25, 0.3) is 0 Å². The van der Waals surface area contributed by atoms with Gasteiger partial charge in [-0.1, -0.05) is 4.68 Å². The average Bonchev–Trinajstić information content (AvgIpc) is 2.79. The number of nitrogens with zero attached hydrogens (tertiary/aromatic N) is 2. The van der Waals surface area contributed by atoms with Crippen molar-refractivity contribution >= 4 is 29.0 Å². The van der Waals surface area contributed by atoms with E-state index >= 15 is 0 Å². The van der Waals surface area contributed by atoms with E-state index in [9.17, 15) is 19.7 Å². The second-order valence-corrected chi connectivity index (χ2v) is 5.73. The van der Waals surface area contributed by atoms with Gasteiger partial charge in [0.1, 0.15) is 0 Å². The van der Waals surface area contributed by atoms with E-state index in [4.69, 9.17) is 0 Å². The van der Waals surface area contributed by atoms with Gasteiger partial charge in [0.2, 0.25) is 5.91 Å². The van der Waals surface area contributed by atoms with Crippen LogP contribution in [-0.2, 0) is 11.8 Å². The second kappa shape index (κ2) is 6.43. The fourth-order valence-electron chi connectivity index (χ4n) is 1.59. The van der Waals surface area contributed by atoms with Crippen molar-refractivity contribution in [2.75, 3.05) is 5.32 Å². The van der Waals surface area contributed by atoms with E-state index in [2.05, 4.69) is 15.1 Å². The Morgan fingerprint density at radius 2 is 2.09 bits per heavy atom. The van der Waals surface area contributed by atoms with Crippen LogP contribution in [0.3, 0.4) is 0 Å². The normalized spacial score (nSPS) is 11.9. The largest absolute Gasteiger partial charge is 0.441 e. The molecule has 10 heteroatoms. The number of amides is 1. The van der Waals surface area contributed by atoms with Gasteiger partial charge in [0.05, 0.1) is 10.2 Å². The van der Waals surface area contributed by atoms with Crippen molar-refractivity contribution in [1.82, 2.24) is 5.27 Å². The number of carbonyl (C=O) groups excluding carboxylic acids is 1. The van der Waals surface area contributed by atoms with Gasteiger partial charge in [0.25, 0.3) is 5.69 Å². The molecule has 2 aromatic rings. The lowest BCUT2D eigenvalue weighted by Crippen LogP contribution is -2.35. The lowest BCUT2D eigenvalue weighted by Gasteiger charge is -2.08. The van der Waals surface area contributed by atoms with Gasteiger partial charge in [-0.3, -0.25) is 19.4 Å². The number of nitrogens with one attached hydrogen (secondary N) is 2. The number of benzene rings is 1. The second-order valence-electron chi connectivity index (χ2n) is 4.40. The number of hydrogen-bond donors (Lipinski definition) is 2.